The van der Waals surface area contributed by atoms with Gasteiger partial charge in [0.15, 0.2) is 0 Å². The molecule has 0 radical (unpaired) electrons. The van der Waals surface area contributed by atoms with Gasteiger partial charge in [0.1, 0.15) is 6.26 Å². The minimum atomic E-state index is 0.0810. The molecule has 0 aliphatic heterocycles. The van der Waals surface area contributed by atoms with Crippen LogP contribution in [0.4, 0.5) is 0 Å². The van der Waals surface area contributed by atoms with Crippen LogP contribution < -0.4 is 0 Å². The second-order valence-corrected chi connectivity index (χ2v) is 2.03. The van der Waals surface area contributed by atoms with E-state index < -0.39 is 0 Å². The summed E-state index contributed by atoms with van der Waals surface area (Å²) in [4.78, 5) is 0. The van der Waals surface area contributed by atoms with Crippen molar-refractivity contribution in [3.63, 3.8) is 0 Å². The van der Waals surface area contributed by atoms with Crippen LogP contribution >= 0.6 is 0 Å². The number of allylic oxidation sites excluding steroid dienone is 1. The van der Waals surface area contributed by atoms with Gasteiger partial charge in [-0.25, -0.2) is 0 Å². The van der Waals surface area contributed by atoms with Gasteiger partial charge in [0.25, 0.3) is 0 Å². The smallest absolute Gasteiger partial charge is 0.125 e. The zero-order valence-electron chi connectivity index (χ0n) is 6.50. The molecule has 58 valence electrons. The normalized spacial score (nSPS) is 11.5. The lowest BCUT2D eigenvalue weighted by Gasteiger charge is -2.06. The summed E-state index contributed by atoms with van der Waals surface area (Å²) in [7, 11) is 0. The molecule has 0 saturated heterocycles. The Morgan fingerprint density at radius 1 is 1.70 bits per heavy atom. The second kappa shape index (κ2) is 6.40. The van der Waals surface area contributed by atoms with Gasteiger partial charge in [-0.3, -0.25) is 0 Å². The van der Waals surface area contributed by atoms with E-state index in [-0.39, 0.29) is 12.7 Å². The molecule has 0 bridgehead atoms. The zero-order valence-corrected chi connectivity index (χ0v) is 6.50. The molecule has 1 N–H and O–H groups in total. The van der Waals surface area contributed by atoms with E-state index >= 15 is 0 Å². The SMILES string of the molecule is CC=C=COC(C)CCO. The van der Waals surface area contributed by atoms with E-state index in [0.29, 0.717) is 6.42 Å². The molecule has 0 rings (SSSR count). The summed E-state index contributed by atoms with van der Waals surface area (Å²) in [6, 6.07) is 0. The first-order chi connectivity index (χ1) is 4.81. The Bertz CT molecular complexity index is 123. The number of aliphatic hydroxyl groups excluding tert-OH is 1. The molecule has 0 aromatic heterocycles. The molecule has 0 amide bonds. The van der Waals surface area contributed by atoms with Crippen LogP contribution in [0.3, 0.4) is 0 Å². The molecule has 0 saturated carbocycles. The van der Waals surface area contributed by atoms with Crippen LogP contribution in [0.15, 0.2) is 18.1 Å². The lowest BCUT2D eigenvalue weighted by molar-refractivity contribution is 0.126. The monoisotopic (exact) mass is 142 g/mol. The number of rotatable bonds is 4. The highest BCUT2D eigenvalue weighted by molar-refractivity contribution is 4.75. The first-order valence-corrected chi connectivity index (χ1v) is 3.43. The Hall–Kier alpha value is -0.720. The maximum absolute atomic E-state index is 8.47. The minimum absolute atomic E-state index is 0.0810. The van der Waals surface area contributed by atoms with Crippen molar-refractivity contribution in [1.29, 1.82) is 0 Å². The van der Waals surface area contributed by atoms with Gasteiger partial charge in [0.05, 0.1) is 6.10 Å². The highest BCUT2D eigenvalue weighted by Crippen LogP contribution is 1.95. The molecule has 2 nitrogen and oxygen atoms in total. The van der Waals surface area contributed by atoms with E-state index in [2.05, 4.69) is 5.73 Å². The molecule has 0 heterocycles. The average molecular weight is 142 g/mol. The molecule has 0 aromatic carbocycles. The third-order valence-electron chi connectivity index (χ3n) is 1.07. The van der Waals surface area contributed by atoms with Crippen molar-refractivity contribution in [3.8, 4) is 0 Å². The zero-order chi connectivity index (χ0) is 7.82. The van der Waals surface area contributed by atoms with Crippen LogP contribution in [0.5, 0.6) is 0 Å². The van der Waals surface area contributed by atoms with Crippen LogP contribution in [0.2, 0.25) is 0 Å². The molecule has 1 atom stereocenters. The Morgan fingerprint density at radius 2 is 2.40 bits per heavy atom. The first-order valence-electron chi connectivity index (χ1n) is 3.43. The average Bonchev–Trinajstić information content (AvgIpc) is 1.89. The van der Waals surface area contributed by atoms with Crippen molar-refractivity contribution in [2.45, 2.75) is 26.4 Å². The van der Waals surface area contributed by atoms with E-state index in [1.807, 2.05) is 13.8 Å². The molecule has 0 spiro atoms. The van der Waals surface area contributed by atoms with E-state index in [0.717, 1.165) is 0 Å². The number of hydrogen-bond acceptors (Lipinski definition) is 2. The molecule has 1 unspecified atom stereocenters. The fourth-order valence-corrected chi connectivity index (χ4v) is 0.473. The van der Waals surface area contributed by atoms with Gasteiger partial charge in [-0.1, -0.05) is 5.73 Å². The number of aliphatic hydroxyl groups is 1. The maximum Gasteiger partial charge on any atom is 0.125 e. The van der Waals surface area contributed by atoms with Gasteiger partial charge in [0, 0.05) is 13.0 Å². The van der Waals surface area contributed by atoms with Crippen molar-refractivity contribution < 1.29 is 9.84 Å². The van der Waals surface area contributed by atoms with E-state index in [4.69, 9.17) is 9.84 Å². The highest BCUT2D eigenvalue weighted by Gasteiger charge is 1.95. The number of hydrogen-bond donors (Lipinski definition) is 1. The fourth-order valence-electron chi connectivity index (χ4n) is 0.473. The first kappa shape index (κ1) is 9.28. The van der Waals surface area contributed by atoms with Crippen molar-refractivity contribution in [3.05, 3.63) is 18.1 Å². The summed E-state index contributed by atoms with van der Waals surface area (Å²) in [6.45, 7) is 3.95. The summed E-state index contributed by atoms with van der Waals surface area (Å²) >= 11 is 0. The summed E-state index contributed by atoms with van der Waals surface area (Å²) in [5.74, 6) is 0. The Kier molecular flexibility index (Phi) is 5.94. The van der Waals surface area contributed by atoms with Gasteiger partial charge in [0.2, 0.25) is 0 Å². The Labute approximate surface area is 61.8 Å². The molecular formula is C8H14O2. The van der Waals surface area contributed by atoms with Crippen LogP contribution in [0.1, 0.15) is 20.3 Å². The third kappa shape index (κ3) is 5.42. The summed E-state index contributed by atoms with van der Waals surface area (Å²) < 4.78 is 5.10. The third-order valence-corrected chi connectivity index (χ3v) is 1.07. The summed E-state index contributed by atoms with van der Waals surface area (Å²) in [6.07, 6.45) is 4.03. The van der Waals surface area contributed by atoms with Crippen LogP contribution in [-0.4, -0.2) is 17.8 Å². The lowest BCUT2D eigenvalue weighted by atomic mass is 10.3. The van der Waals surface area contributed by atoms with Crippen molar-refractivity contribution in [2.75, 3.05) is 6.61 Å². The molecule has 0 fully saturated rings. The topological polar surface area (TPSA) is 29.5 Å². The van der Waals surface area contributed by atoms with Gasteiger partial charge < -0.3 is 9.84 Å². The Balaban J connectivity index is 3.38. The predicted molar refractivity (Wildman–Crippen MR) is 40.6 cm³/mol. The summed E-state index contributed by atoms with van der Waals surface area (Å²) in [5, 5.41) is 8.47. The van der Waals surface area contributed by atoms with Gasteiger partial charge >= 0.3 is 0 Å². The fraction of sp³-hybridized carbons (Fsp3) is 0.625. The minimum Gasteiger partial charge on any atom is -0.490 e. The summed E-state index contributed by atoms with van der Waals surface area (Å²) in [5.41, 5.74) is 2.78. The largest absolute Gasteiger partial charge is 0.490 e. The van der Waals surface area contributed by atoms with Crippen molar-refractivity contribution in [1.82, 2.24) is 0 Å². The van der Waals surface area contributed by atoms with E-state index in [1.165, 1.54) is 6.26 Å². The second-order valence-electron chi connectivity index (χ2n) is 2.03. The van der Waals surface area contributed by atoms with E-state index in [9.17, 15) is 0 Å². The molecule has 0 aromatic rings. The van der Waals surface area contributed by atoms with Crippen LogP contribution in [-0.2, 0) is 4.74 Å². The molecule has 10 heavy (non-hydrogen) atoms. The van der Waals surface area contributed by atoms with Crippen LogP contribution in [0.25, 0.3) is 0 Å². The van der Waals surface area contributed by atoms with Crippen molar-refractivity contribution >= 4 is 0 Å². The molecule has 0 aliphatic carbocycles. The Morgan fingerprint density at radius 3 is 2.90 bits per heavy atom. The predicted octanol–water partition coefficient (Wildman–Crippen LogP) is 1.46. The standard InChI is InChI=1S/C8H14O2/c1-3-4-7-10-8(2)5-6-9/h3,7-9H,5-6H2,1-2H3. The molecular weight excluding hydrogens is 128 g/mol. The quantitative estimate of drug-likeness (QED) is 0.475. The number of ether oxygens (including phenoxy) is 1. The maximum atomic E-state index is 8.47. The van der Waals surface area contributed by atoms with Crippen LogP contribution in [0, 0.1) is 0 Å². The van der Waals surface area contributed by atoms with Gasteiger partial charge in [-0.05, 0) is 19.9 Å². The molecule has 2 heteroatoms. The van der Waals surface area contributed by atoms with Crippen molar-refractivity contribution in [2.24, 2.45) is 0 Å². The lowest BCUT2D eigenvalue weighted by Crippen LogP contribution is -2.05. The highest BCUT2D eigenvalue weighted by atomic mass is 16.5. The van der Waals surface area contributed by atoms with E-state index in [1.54, 1.807) is 6.08 Å². The van der Waals surface area contributed by atoms with Gasteiger partial charge in [-0.2, -0.15) is 0 Å². The van der Waals surface area contributed by atoms with Gasteiger partial charge in [-0.15, -0.1) is 0 Å². The molecule has 0 aliphatic rings.